The first-order chi connectivity index (χ1) is 9.20. The summed E-state index contributed by atoms with van der Waals surface area (Å²) in [7, 11) is 0. The van der Waals surface area contributed by atoms with E-state index >= 15 is 0 Å². The number of carbonyl (C=O) groups is 1. The largest absolute Gasteiger partial charge is 0.456 e. The van der Waals surface area contributed by atoms with Crippen LogP contribution < -0.4 is 5.73 Å². The van der Waals surface area contributed by atoms with Crippen LogP contribution in [0.5, 0.6) is 0 Å². The van der Waals surface area contributed by atoms with Crippen LogP contribution in [0.1, 0.15) is 21.6 Å². The zero-order valence-electron chi connectivity index (χ0n) is 10.2. The molecule has 98 valence electrons. The van der Waals surface area contributed by atoms with Crippen molar-refractivity contribution in [3.8, 4) is 0 Å². The first kappa shape index (κ1) is 13.7. The minimum absolute atomic E-state index is 0.209. The van der Waals surface area contributed by atoms with E-state index in [1.807, 2.05) is 24.3 Å². The third-order valence-corrected chi connectivity index (χ3v) is 3.36. The third-order valence-electron chi connectivity index (χ3n) is 2.59. The van der Waals surface area contributed by atoms with E-state index in [-0.39, 0.29) is 12.3 Å². The van der Waals surface area contributed by atoms with Crippen molar-refractivity contribution in [3.63, 3.8) is 0 Å². The highest BCUT2D eigenvalue weighted by atomic mass is 79.9. The minimum Gasteiger partial charge on any atom is -0.456 e. The van der Waals surface area contributed by atoms with Gasteiger partial charge in [0.05, 0.1) is 0 Å². The SMILES string of the molecule is NCc1ccc(C(=O)OCc2ccccc2Br)nc1. The molecule has 0 amide bonds. The Bertz CT molecular complexity index is 570. The molecule has 0 fully saturated rings. The maximum absolute atomic E-state index is 11.8. The number of halogens is 1. The van der Waals surface area contributed by atoms with Gasteiger partial charge in [-0.1, -0.05) is 40.2 Å². The molecule has 1 aromatic carbocycles. The molecule has 0 bridgehead atoms. The van der Waals surface area contributed by atoms with Gasteiger partial charge in [0.1, 0.15) is 12.3 Å². The number of rotatable bonds is 4. The molecule has 0 aliphatic heterocycles. The van der Waals surface area contributed by atoms with Crippen LogP contribution in [0.25, 0.3) is 0 Å². The molecule has 0 saturated carbocycles. The molecule has 4 nitrogen and oxygen atoms in total. The van der Waals surface area contributed by atoms with Gasteiger partial charge in [-0.05, 0) is 17.7 Å². The summed E-state index contributed by atoms with van der Waals surface area (Å²) in [6.45, 7) is 0.611. The minimum atomic E-state index is -0.445. The summed E-state index contributed by atoms with van der Waals surface area (Å²) >= 11 is 3.40. The standard InChI is InChI=1S/C14H13BrN2O2/c15-12-4-2-1-3-11(12)9-19-14(18)13-6-5-10(7-16)8-17-13/h1-6,8H,7,9,16H2. The summed E-state index contributed by atoms with van der Waals surface area (Å²) in [6, 6.07) is 11.0. The molecule has 0 unspecified atom stereocenters. The van der Waals surface area contributed by atoms with Crippen LogP contribution in [-0.2, 0) is 17.9 Å². The number of nitrogens with two attached hydrogens (primary N) is 1. The van der Waals surface area contributed by atoms with Crippen LogP contribution in [0, 0.1) is 0 Å². The molecule has 19 heavy (non-hydrogen) atoms. The van der Waals surface area contributed by atoms with Crippen molar-refractivity contribution in [3.05, 3.63) is 63.9 Å². The van der Waals surface area contributed by atoms with Crippen LogP contribution in [0.15, 0.2) is 47.1 Å². The summed E-state index contributed by atoms with van der Waals surface area (Å²) in [6.07, 6.45) is 1.58. The van der Waals surface area contributed by atoms with Gasteiger partial charge < -0.3 is 10.5 Å². The molecular formula is C14H13BrN2O2. The molecule has 2 rings (SSSR count). The summed E-state index contributed by atoms with van der Waals surface area (Å²) < 4.78 is 6.12. The zero-order valence-corrected chi connectivity index (χ0v) is 11.8. The van der Waals surface area contributed by atoms with Crippen LogP contribution >= 0.6 is 15.9 Å². The van der Waals surface area contributed by atoms with E-state index in [0.717, 1.165) is 15.6 Å². The number of esters is 1. The van der Waals surface area contributed by atoms with E-state index in [4.69, 9.17) is 10.5 Å². The van der Waals surface area contributed by atoms with Gasteiger partial charge >= 0.3 is 5.97 Å². The van der Waals surface area contributed by atoms with Gasteiger partial charge in [0.25, 0.3) is 0 Å². The fraction of sp³-hybridized carbons (Fsp3) is 0.143. The Hall–Kier alpha value is -1.72. The molecule has 1 aromatic heterocycles. The Morgan fingerprint density at radius 2 is 2.05 bits per heavy atom. The molecule has 5 heteroatoms. The van der Waals surface area contributed by atoms with Crippen molar-refractivity contribution in [1.29, 1.82) is 0 Å². The molecule has 0 atom stereocenters. The number of aromatic nitrogens is 1. The van der Waals surface area contributed by atoms with Crippen molar-refractivity contribution < 1.29 is 9.53 Å². The topological polar surface area (TPSA) is 65.2 Å². The van der Waals surface area contributed by atoms with Crippen LogP contribution in [0.2, 0.25) is 0 Å². The average molecular weight is 321 g/mol. The van der Waals surface area contributed by atoms with E-state index in [0.29, 0.717) is 6.54 Å². The number of carbonyl (C=O) groups excluding carboxylic acids is 1. The second-order valence-corrected chi connectivity index (χ2v) is 4.78. The molecule has 1 heterocycles. The van der Waals surface area contributed by atoms with E-state index in [9.17, 15) is 4.79 Å². The Morgan fingerprint density at radius 1 is 1.26 bits per heavy atom. The number of benzene rings is 1. The van der Waals surface area contributed by atoms with E-state index < -0.39 is 5.97 Å². The normalized spacial score (nSPS) is 10.2. The van der Waals surface area contributed by atoms with Crippen molar-refractivity contribution >= 4 is 21.9 Å². The smallest absolute Gasteiger partial charge is 0.357 e. The quantitative estimate of drug-likeness (QED) is 0.879. The third kappa shape index (κ3) is 3.62. The fourth-order valence-corrected chi connectivity index (χ4v) is 1.90. The Kier molecular flexibility index (Phi) is 4.65. The summed E-state index contributed by atoms with van der Waals surface area (Å²) in [5.41, 5.74) is 7.54. The molecule has 2 N–H and O–H groups in total. The van der Waals surface area contributed by atoms with Crippen molar-refractivity contribution in [2.24, 2.45) is 5.73 Å². The maximum Gasteiger partial charge on any atom is 0.357 e. The van der Waals surface area contributed by atoms with Gasteiger partial charge in [-0.3, -0.25) is 0 Å². The second kappa shape index (κ2) is 6.45. The maximum atomic E-state index is 11.8. The van der Waals surface area contributed by atoms with Gasteiger partial charge in [-0.15, -0.1) is 0 Å². The molecule has 0 radical (unpaired) electrons. The van der Waals surface area contributed by atoms with Crippen molar-refractivity contribution in [2.45, 2.75) is 13.2 Å². The van der Waals surface area contributed by atoms with Gasteiger partial charge in [-0.2, -0.15) is 0 Å². The lowest BCUT2D eigenvalue weighted by molar-refractivity contribution is 0.0465. The van der Waals surface area contributed by atoms with Gasteiger partial charge in [-0.25, -0.2) is 9.78 Å². The Morgan fingerprint density at radius 3 is 2.68 bits per heavy atom. The van der Waals surface area contributed by atoms with E-state index in [1.54, 1.807) is 18.3 Å². The van der Waals surface area contributed by atoms with Gasteiger partial charge in [0, 0.05) is 22.8 Å². The molecule has 0 spiro atoms. The molecular weight excluding hydrogens is 308 g/mol. The summed E-state index contributed by atoms with van der Waals surface area (Å²) in [4.78, 5) is 15.8. The highest BCUT2D eigenvalue weighted by Gasteiger charge is 2.09. The molecule has 0 aliphatic carbocycles. The lowest BCUT2D eigenvalue weighted by Gasteiger charge is -2.06. The average Bonchev–Trinajstić information content (AvgIpc) is 2.46. The van der Waals surface area contributed by atoms with Crippen molar-refractivity contribution in [1.82, 2.24) is 4.98 Å². The molecule has 2 aromatic rings. The highest BCUT2D eigenvalue weighted by Crippen LogP contribution is 2.17. The Labute approximate surface area is 119 Å². The van der Waals surface area contributed by atoms with Crippen LogP contribution in [-0.4, -0.2) is 11.0 Å². The predicted molar refractivity (Wildman–Crippen MR) is 75.4 cm³/mol. The Balaban J connectivity index is 1.99. The highest BCUT2D eigenvalue weighted by molar-refractivity contribution is 9.10. The zero-order chi connectivity index (χ0) is 13.7. The van der Waals surface area contributed by atoms with Gasteiger partial charge in [0.2, 0.25) is 0 Å². The summed E-state index contributed by atoms with van der Waals surface area (Å²) in [5.74, 6) is -0.445. The lowest BCUT2D eigenvalue weighted by Crippen LogP contribution is -2.08. The van der Waals surface area contributed by atoms with Crippen molar-refractivity contribution in [2.75, 3.05) is 0 Å². The number of nitrogens with zero attached hydrogens (tertiary/aromatic N) is 1. The number of pyridine rings is 1. The number of hydrogen-bond acceptors (Lipinski definition) is 4. The van der Waals surface area contributed by atoms with Gasteiger partial charge in [0.15, 0.2) is 0 Å². The second-order valence-electron chi connectivity index (χ2n) is 3.92. The molecule has 0 aliphatic rings. The van der Waals surface area contributed by atoms with E-state index in [1.165, 1.54) is 0 Å². The van der Waals surface area contributed by atoms with Crippen LogP contribution in [0.3, 0.4) is 0 Å². The van der Waals surface area contributed by atoms with E-state index in [2.05, 4.69) is 20.9 Å². The first-order valence-corrected chi connectivity index (χ1v) is 6.55. The lowest BCUT2D eigenvalue weighted by atomic mass is 10.2. The predicted octanol–water partition coefficient (Wildman–Crippen LogP) is 2.66. The number of ether oxygens (including phenoxy) is 1. The molecule has 0 saturated heterocycles. The number of hydrogen-bond donors (Lipinski definition) is 1. The fourth-order valence-electron chi connectivity index (χ4n) is 1.50. The van der Waals surface area contributed by atoms with Crippen LogP contribution in [0.4, 0.5) is 0 Å². The first-order valence-electron chi connectivity index (χ1n) is 5.76. The summed E-state index contributed by atoms with van der Waals surface area (Å²) in [5, 5.41) is 0. The monoisotopic (exact) mass is 320 g/mol.